The molecule has 1 heterocycles. The van der Waals surface area contributed by atoms with Gasteiger partial charge in [-0.15, -0.1) is 0 Å². The molecule has 3 heteroatoms. The Morgan fingerprint density at radius 3 is 2.93 bits per heavy atom. The van der Waals surface area contributed by atoms with E-state index >= 15 is 0 Å². The minimum Gasteiger partial charge on any atom is -0.490 e. The molecule has 1 aromatic rings. The van der Waals surface area contributed by atoms with Crippen LogP contribution in [0.5, 0.6) is 5.75 Å². The van der Waals surface area contributed by atoms with Gasteiger partial charge in [-0.3, -0.25) is 0 Å². The Kier molecular flexibility index (Phi) is 2.68. The SMILES string of the molecule is CC(C)N1CCOc2cc(Br)ccc21. The number of benzene rings is 1. The van der Waals surface area contributed by atoms with Crippen molar-refractivity contribution >= 4 is 21.6 Å². The summed E-state index contributed by atoms with van der Waals surface area (Å²) in [7, 11) is 0. The molecule has 0 unspecified atom stereocenters. The van der Waals surface area contributed by atoms with E-state index in [1.807, 2.05) is 6.07 Å². The van der Waals surface area contributed by atoms with Gasteiger partial charge >= 0.3 is 0 Å². The summed E-state index contributed by atoms with van der Waals surface area (Å²) >= 11 is 3.45. The molecule has 2 nitrogen and oxygen atoms in total. The zero-order chi connectivity index (χ0) is 10.1. The third kappa shape index (κ3) is 1.73. The molecule has 1 aromatic carbocycles. The van der Waals surface area contributed by atoms with E-state index < -0.39 is 0 Å². The lowest BCUT2D eigenvalue weighted by Gasteiger charge is -2.34. The molecule has 0 aromatic heterocycles. The monoisotopic (exact) mass is 255 g/mol. The van der Waals surface area contributed by atoms with E-state index in [1.54, 1.807) is 0 Å². The average molecular weight is 256 g/mol. The molecular formula is C11H14BrNO. The van der Waals surface area contributed by atoms with Gasteiger partial charge in [-0.1, -0.05) is 15.9 Å². The summed E-state index contributed by atoms with van der Waals surface area (Å²) in [4.78, 5) is 2.37. The van der Waals surface area contributed by atoms with Crippen LogP contribution >= 0.6 is 15.9 Å². The highest BCUT2D eigenvalue weighted by Crippen LogP contribution is 2.34. The fraction of sp³-hybridized carbons (Fsp3) is 0.455. The van der Waals surface area contributed by atoms with Crippen LogP contribution in [0.4, 0.5) is 5.69 Å². The van der Waals surface area contributed by atoms with Crippen LogP contribution in [-0.4, -0.2) is 19.2 Å². The highest BCUT2D eigenvalue weighted by atomic mass is 79.9. The van der Waals surface area contributed by atoms with Crippen LogP contribution in [0.25, 0.3) is 0 Å². The van der Waals surface area contributed by atoms with Crippen LogP contribution in [0, 0.1) is 0 Å². The van der Waals surface area contributed by atoms with E-state index in [4.69, 9.17) is 4.74 Å². The zero-order valence-corrected chi connectivity index (χ0v) is 10.0. The molecule has 0 saturated carbocycles. The maximum atomic E-state index is 5.61. The number of rotatable bonds is 1. The average Bonchev–Trinajstić information content (AvgIpc) is 2.16. The lowest BCUT2D eigenvalue weighted by molar-refractivity contribution is 0.302. The molecule has 0 spiro atoms. The Hall–Kier alpha value is -0.700. The molecule has 0 amide bonds. The van der Waals surface area contributed by atoms with Gasteiger partial charge in [-0.25, -0.2) is 0 Å². The van der Waals surface area contributed by atoms with Gasteiger partial charge < -0.3 is 9.64 Å². The van der Waals surface area contributed by atoms with Crippen molar-refractivity contribution in [3.05, 3.63) is 22.7 Å². The molecule has 14 heavy (non-hydrogen) atoms. The summed E-state index contributed by atoms with van der Waals surface area (Å²) in [6.45, 7) is 6.17. The Morgan fingerprint density at radius 2 is 2.21 bits per heavy atom. The van der Waals surface area contributed by atoms with Gasteiger partial charge in [0.15, 0.2) is 0 Å². The van der Waals surface area contributed by atoms with Crippen molar-refractivity contribution in [3.8, 4) is 5.75 Å². The Labute approximate surface area is 93.0 Å². The standard InChI is InChI=1S/C11H14BrNO/c1-8(2)13-5-6-14-11-7-9(12)3-4-10(11)13/h3-4,7-8H,5-6H2,1-2H3. The summed E-state index contributed by atoms with van der Waals surface area (Å²) in [6.07, 6.45) is 0. The molecular weight excluding hydrogens is 242 g/mol. The van der Waals surface area contributed by atoms with Crippen LogP contribution in [0.1, 0.15) is 13.8 Å². The van der Waals surface area contributed by atoms with Crippen molar-refractivity contribution in [1.82, 2.24) is 0 Å². The predicted molar refractivity (Wildman–Crippen MR) is 62.1 cm³/mol. The molecule has 0 saturated heterocycles. The first-order valence-electron chi connectivity index (χ1n) is 4.87. The van der Waals surface area contributed by atoms with E-state index in [1.165, 1.54) is 5.69 Å². The highest BCUT2D eigenvalue weighted by molar-refractivity contribution is 9.10. The van der Waals surface area contributed by atoms with E-state index in [0.29, 0.717) is 6.04 Å². The molecule has 0 aliphatic carbocycles. The molecule has 0 bridgehead atoms. The first-order chi connectivity index (χ1) is 6.68. The van der Waals surface area contributed by atoms with Gasteiger partial charge in [-0.05, 0) is 32.0 Å². The fourth-order valence-corrected chi connectivity index (χ4v) is 2.09. The quantitative estimate of drug-likeness (QED) is 0.765. The van der Waals surface area contributed by atoms with Crippen molar-refractivity contribution in [1.29, 1.82) is 0 Å². The van der Waals surface area contributed by atoms with E-state index in [0.717, 1.165) is 23.4 Å². The molecule has 1 aliphatic rings. The van der Waals surface area contributed by atoms with Crippen molar-refractivity contribution in [2.45, 2.75) is 19.9 Å². The zero-order valence-electron chi connectivity index (χ0n) is 8.46. The molecule has 0 fully saturated rings. The maximum absolute atomic E-state index is 5.61. The van der Waals surface area contributed by atoms with Crippen LogP contribution in [-0.2, 0) is 0 Å². The number of anilines is 1. The van der Waals surface area contributed by atoms with E-state index in [2.05, 4.69) is 46.8 Å². The van der Waals surface area contributed by atoms with Gasteiger partial charge in [0.2, 0.25) is 0 Å². The number of ether oxygens (including phenoxy) is 1. The minimum atomic E-state index is 0.527. The number of halogens is 1. The Bertz CT molecular complexity index is 338. The first-order valence-corrected chi connectivity index (χ1v) is 5.67. The summed E-state index contributed by atoms with van der Waals surface area (Å²) in [5, 5.41) is 0. The van der Waals surface area contributed by atoms with Crippen molar-refractivity contribution in [2.24, 2.45) is 0 Å². The van der Waals surface area contributed by atoms with E-state index in [-0.39, 0.29) is 0 Å². The molecule has 1 aliphatic heterocycles. The van der Waals surface area contributed by atoms with Gasteiger partial charge in [0.05, 0.1) is 12.2 Å². The second kappa shape index (κ2) is 3.81. The largest absolute Gasteiger partial charge is 0.490 e. The van der Waals surface area contributed by atoms with Crippen LogP contribution in [0.2, 0.25) is 0 Å². The molecule has 2 rings (SSSR count). The van der Waals surface area contributed by atoms with Gasteiger partial charge in [0, 0.05) is 10.5 Å². The molecule has 0 N–H and O–H groups in total. The van der Waals surface area contributed by atoms with Gasteiger partial charge in [0.25, 0.3) is 0 Å². The Morgan fingerprint density at radius 1 is 1.43 bits per heavy atom. The van der Waals surface area contributed by atoms with Crippen LogP contribution < -0.4 is 9.64 Å². The number of hydrogen-bond donors (Lipinski definition) is 0. The van der Waals surface area contributed by atoms with Crippen molar-refractivity contribution in [2.75, 3.05) is 18.1 Å². The van der Waals surface area contributed by atoms with Crippen LogP contribution in [0.15, 0.2) is 22.7 Å². The normalized spacial score (nSPS) is 15.3. The van der Waals surface area contributed by atoms with Crippen molar-refractivity contribution < 1.29 is 4.74 Å². The summed E-state index contributed by atoms with van der Waals surface area (Å²) in [5.41, 5.74) is 1.20. The Balaban J connectivity index is 2.40. The molecule has 76 valence electrons. The highest BCUT2D eigenvalue weighted by Gasteiger charge is 2.19. The first kappa shape index (κ1) is 9.84. The number of nitrogens with zero attached hydrogens (tertiary/aromatic N) is 1. The third-order valence-corrected chi connectivity index (χ3v) is 2.94. The van der Waals surface area contributed by atoms with Gasteiger partial charge in [0.1, 0.15) is 12.4 Å². The smallest absolute Gasteiger partial charge is 0.143 e. The summed E-state index contributed by atoms with van der Waals surface area (Å²) < 4.78 is 6.68. The number of fused-ring (bicyclic) bond motifs is 1. The summed E-state index contributed by atoms with van der Waals surface area (Å²) in [6, 6.07) is 6.73. The topological polar surface area (TPSA) is 12.5 Å². The van der Waals surface area contributed by atoms with E-state index in [9.17, 15) is 0 Å². The maximum Gasteiger partial charge on any atom is 0.143 e. The molecule has 0 atom stereocenters. The lowest BCUT2D eigenvalue weighted by atomic mass is 10.2. The lowest BCUT2D eigenvalue weighted by Crippen LogP contribution is -2.37. The minimum absolute atomic E-state index is 0.527. The second-order valence-electron chi connectivity index (χ2n) is 3.75. The summed E-state index contributed by atoms with van der Waals surface area (Å²) in [5.74, 6) is 0.985. The van der Waals surface area contributed by atoms with Crippen LogP contribution in [0.3, 0.4) is 0 Å². The second-order valence-corrected chi connectivity index (χ2v) is 4.66. The number of hydrogen-bond acceptors (Lipinski definition) is 2. The fourth-order valence-electron chi connectivity index (χ4n) is 1.75. The molecule has 0 radical (unpaired) electrons. The predicted octanol–water partition coefficient (Wildman–Crippen LogP) is 3.06. The third-order valence-electron chi connectivity index (χ3n) is 2.44. The van der Waals surface area contributed by atoms with Crippen molar-refractivity contribution in [3.63, 3.8) is 0 Å². The van der Waals surface area contributed by atoms with Gasteiger partial charge in [-0.2, -0.15) is 0 Å².